The van der Waals surface area contributed by atoms with Gasteiger partial charge in [-0.15, -0.1) is 0 Å². The van der Waals surface area contributed by atoms with Gasteiger partial charge in [0.15, 0.2) is 0 Å². The highest BCUT2D eigenvalue weighted by Crippen LogP contribution is 2.24. The normalized spacial score (nSPS) is 18.1. The molecule has 1 fully saturated rings. The lowest BCUT2D eigenvalue weighted by Crippen LogP contribution is -2.45. The van der Waals surface area contributed by atoms with Gasteiger partial charge in [-0.25, -0.2) is 5.48 Å². The molecule has 1 aromatic carbocycles. The van der Waals surface area contributed by atoms with Crippen LogP contribution in [0.4, 0.5) is 0 Å². The van der Waals surface area contributed by atoms with Crippen LogP contribution >= 0.6 is 23.2 Å². The largest absolute Gasteiger partial charge is 0.327 e. The number of likely N-dealkylation sites (tertiary alicyclic amines) is 1. The van der Waals surface area contributed by atoms with Gasteiger partial charge in [-0.2, -0.15) is 0 Å². The minimum Gasteiger partial charge on any atom is -0.327 e. The number of nitrogens with one attached hydrogen (secondary N) is 1. The number of carbonyl (C=O) groups excluding carboxylic acids is 2. The van der Waals surface area contributed by atoms with E-state index < -0.39 is 6.04 Å². The van der Waals surface area contributed by atoms with E-state index in [2.05, 4.69) is 10.3 Å². The van der Waals surface area contributed by atoms with E-state index in [9.17, 15) is 9.59 Å². The summed E-state index contributed by atoms with van der Waals surface area (Å²) in [4.78, 5) is 30.4. The molecule has 1 atom stereocenters. The van der Waals surface area contributed by atoms with Crippen LogP contribution in [0.25, 0.3) is 0 Å². The predicted molar refractivity (Wildman–Crippen MR) is 75.7 cm³/mol. The first kappa shape index (κ1) is 15.1. The van der Waals surface area contributed by atoms with E-state index in [1.54, 1.807) is 18.2 Å². The van der Waals surface area contributed by atoms with Crippen molar-refractivity contribution in [2.45, 2.75) is 18.9 Å². The average molecular weight is 317 g/mol. The van der Waals surface area contributed by atoms with Crippen LogP contribution in [0.1, 0.15) is 23.2 Å². The van der Waals surface area contributed by atoms with Crippen molar-refractivity contribution in [3.63, 3.8) is 0 Å². The molecule has 0 spiro atoms. The topological polar surface area (TPSA) is 58.6 Å². The van der Waals surface area contributed by atoms with Crippen LogP contribution in [0.5, 0.6) is 0 Å². The fourth-order valence-corrected chi connectivity index (χ4v) is 2.82. The Morgan fingerprint density at radius 1 is 1.30 bits per heavy atom. The summed E-state index contributed by atoms with van der Waals surface area (Å²) in [6.45, 7) is 0.519. The zero-order valence-electron chi connectivity index (χ0n) is 10.9. The first-order valence-corrected chi connectivity index (χ1v) is 6.88. The monoisotopic (exact) mass is 316 g/mol. The van der Waals surface area contributed by atoms with Gasteiger partial charge in [0.05, 0.1) is 7.11 Å². The first-order valence-electron chi connectivity index (χ1n) is 6.13. The quantitative estimate of drug-likeness (QED) is 0.870. The molecule has 0 saturated carbocycles. The highest BCUT2D eigenvalue weighted by Gasteiger charge is 2.34. The summed E-state index contributed by atoms with van der Waals surface area (Å²) in [6.07, 6.45) is 1.37. The molecule has 0 bridgehead atoms. The Morgan fingerprint density at radius 3 is 2.55 bits per heavy atom. The number of benzene rings is 1. The van der Waals surface area contributed by atoms with Gasteiger partial charge < -0.3 is 4.90 Å². The number of hydroxylamine groups is 1. The highest BCUT2D eigenvalue weighted by molar-refractivity contribution is 6.35. The standard InChI is InChI=1S/C13H14Cl2N2O3/c1-20-16-12(18)11-3-2-4-17(11)13(19)8-5-9(14)7-10(15)6-8/h5-7,11H,2-4H2,1H3,(H,16,18). The zero-order chi connectivity index (χ0) is 14.7. The van der Waals surface area contributed by atoms with E-state index in [-0.39, 0.29) is 11.8 Å². The summed E-state index contributed by atoms with van der Waals surface area (Å²) in [5.41, 5.74) is 2.64. The van der Waals surface area contributed by atoms with E-state index >= 15 is 0 Å². The minimum atomic E-state index is -0.528. The average Bonchev–Trinajstić information content (AvgIpc) is 2.86. The van der Waals surface area contributed by atoms with Gasteiger partial charge in [0, 0.05) is 22.2 Å². The molecule has 20 heavy (non-hydrogen) atoms. The molecule has 7 heteroatoms. The van der Waals surface area contributed by atoms with Crippen molar-refractivity contribution in [3.05, 3.63) is 33.8 Å². The summed E-state index contributed by atoms with van der Waals surface area (Å²) in [5.74, 6) is -0.588. The maximum atomic E-state index is 12.5. The summed E-state index contributed by atoms with van der Waals surface area (Å²) in [6, 6.07) is 4.11. The van der Waals surface area contributed by atoms with Crippen LogP contribution in [0.2, 0.25) is 10.0 Å². The molecule has 108 valence electrons. The van der Waals surface area contributed by atoms with E-state index in [4.69, 9.17) is 23.2 Å². The smallest absolute Gasteiger partial charge is 0.266 e. The number of amides is 2. The number of halogens is 2. The molecule has 0 aromatic heterocycles. The number of nitrogens with zero attached hydrogens (tertiary/aromatic N) is 1. The van der Waals surface area contributed by atoms with Gasteiger partial charge in [-0.3, -0.25) is 14.4 Å². The maximum Gasteiger partial charge on any atom is 0.266 e. The molecular weight excluding hydrogens is 303 g/mol. The van der Waals surface area contributed by atoms with Crippen molar-refractivity contribution in [3.8, 4) is 0 Å². The van der Waals surface area contributed by atoms with Gasteiger partial charge in [-0.1, -0.05) is 23.2 Å². The fraction of sp³-hybridized carbons (Fsp3) is 0.385. The molecule has 5 nitrogen and oxygen atoms in total. The molecule has 1 unspecified atom stereocenters. The lowest BCUT2D eigenvalue weighted by Gasteiger charge is -2.23. The van der Waals surface area contributed by atoms with Crippen LogP contribution < -0.4 is 5.48 Å². The minimum absolute atomic E-state index is 0.261. The van der Waals surface area contributed by atoms with Crippen molar-refractivity contribution >= 4 is 35.0 Å². The Labute approximate surface area is 126 Å². The zero-order valence-corrected chi connectivity index (χ0v) is 12.4. The van der Waals surface area contributed by atoms with Crippen molar-refractivity contribution in [2.24, 2.45) is 0 Å². The first-order chi connectivity index (χ1) is 9.52. The van der Waals surface area contributed by atoms with E-state index in [0.717, 1.165) is 6.42 Å². The Bertz CT molecular complexity index is 516. The maximum absolute atomic E-state index is 12.5. The van der Waals surface area contributed by atoms with Gasteiger partial charge in [-0.05, 0) is 31.0 Å². The summed E-state index contributed by atoms with van der Waals surface area (Å²) < 4.78 is 0. The van der Waals surface area contributed by atoms with Crippen LogP contribution in [-0.2, 0) is 9.63 Å². The van der Waals surface area contributed by atoms with E-state index in [0.29, 0.717) is 28.6 Å². The lowest BCUT2D eigenvalue weighted by molar-refractivity contribution is -0.135. The predicted octanol–water partition coefficient (Wildman–Crippen LogP) is 2.28. The van der Waals surface area contributed by atoms with Crippen LogP contribution in [0, 0.1) is 0 Å². The molecule has 2 amide bonds. The summed E-state index contributed by atoms with van der Waals surface area (Å²) in [7, 11) is 1.36. The summed E-state index contributed by atoms with van der Waals surface area (Å²) in [5, 5.41) is 0.774. The molecule has 0 radical (unpaired) electrons. The molecule has 1 aliphatic rings. The van der Waals surface area contributed by atoms with Crippen LogP contribution in [0.3, 0.4) is 0 Å². The molecule has 1 N–H and O–H groups in total. The SMILES string of the molecule is CONC(=O)C1CCCN1C(=O)c1cc(Cl)cc(Cl)c1. The molecular formula is C13H14Cl2N2O3. The van der Waals surface area contributed by atoms with Crippen LogP contribution in [-0.4, -0.2) is 36.4 Å². The van der Waals surface area contributed by atoms with Crippen molar-refractivity contribution in [1.82, 2.24) is 10.4 Å². The second-order valence-electron chi connectivity index (χ2n) is 4.49. The third-order valence-electron chi connectivity index (χ3n) is 3.13. The van der Waals surface area contributed by atoms with Gasteiger partial charge in [0.25, 0.3) is 11.8 Å². The number of hydrogen-bond donors (Lipinski definition) is 1. The van der Waals surface area contributed by atoms with Crippen molar-refractivity contribution in [2.75, 3.05) is 13.7 Å². The van der Waals surface area contributed by atoms with Crippen molar-refractivity contribution < 1.29 is 14.4 Å². The van der Waals surface area contributed by atoms with Crippen LogP contribution in [0.15, 0.2) is 18.2 Å². The molecule has 0 aliphatic carbocycles. The molecule has 1 aliphatic heterocycles. The van der Waals surface area contributed by atoms with Gasteiger partial charge in [0.2, 0.25) is 0 Å². The molecule has 1 saturated heterocycles. The second-order valence-corrected chi connectivity index (χ2v) is 5.36. The summed E-state index contributed by atoms with van der Waals surface area (Å²) >= 11 is 11.8. The number of carbonyl (C=O) groups is 2. The van der Waals surface area contributed by atoms with Gasteiger partial charge >= 0.3 is 0 Å². The second kappa shape index (κ2) is 6.43. The Kier molecular flexibility index (Phi) is 4.86. The Hall–Kier alpha value is -1.30. The Balaban J connectivity index is 2.21. The lowest BCUT2D eigenvalue weighted by atomic mass is 10.1. The van der Waals surface area contributed by atoms with Crippen molar-refractivity contribution in [1.29, 1.82) is 0 Å². The highest BCUT2D eigenvalue weighted by atomic mass is 35.5. The van der Waals surface area contributed by atoms with E-state index in [1.165, 1.54) is 12.0 Å². The number of hydrogen-bond acceptors (Lipinski definition) is 3. The third kappa shape index (κ3) is 3.23. The number of rotatable bonds is 3. The molecule has 1 heterocycles. The third-order valence-corrected chi connectivity index (χ3v) is 3.56. The van der Waals surface area contributed by atoms with E-state index in [1.807, 2.05) is 0 Å². The van der Waals surface area contributed by atoms with Gasteiger partial charge in [0.1, 0.15) is 6.04 Å². The molecule has 2 rings (SSSR count). The Morgan fingerprint density at radius 2 is 1.95 bits per heavy atom. The fourth-order valence-electron chi connectivity index (χ4n) is 2.29. The molecule has 1 aromatic rings.